The van der Waals surface area contributed by atoms with Crippen LogP contribution in [0.5, 0.6) is 0 Å². The van der Waals surface area contributed by atoms with Crippen LogP contribution < -0.4 is 10.6 Å². The molecule has 0 spiro atoms. The van der Waals surface area contributed by atoms with Crippen LogP contribution in [0.4, 0.5) is 11.5 Å². The summed E-state index contributed by atoms with van der Waals surface area (Å²) < 4.78 is 0. The highest BCUT2D eigenvalue weighted by molar-refractivity contribution is 6.03. The SMILES string of the molecule is CCC(C)Nc1cc(C(=O)Nc2ccc(C)cc2)ncn1. The number of rotatable bonds is 5. The van der Waals surface area contributed by atoms with Crippen molar-refractivity contribution in [2.75, 3.05) is 10.6 Å². The Morgan fingerprint density at radius 3 is 2.62 bits per heavy atom. The summed E-state index contributed by atoms with van der Waals surface area (Å²) in [5.41, 5.74) is 2.24. The minimum atomic E-state index is -0.242. The van der Waals surface area contributed by atoms with E-state index in [-0.39, 0.29) is 5.91 Å². The Kier molecular flexibility index (Phi) is 4.87. The number of hydrogen-bond donors (Lipinski definition) is 2. The second-order valence-electron chi connectivity index (χ2n) is 5.06. The van der Waals surface area contributed by atoms with Gasteiger partial charge in [-0.1, -0.05) is 24.6 Å². The summed E-state index contributed by atoms with van der Waals surface area (Å²) in [6, 6.07) is 9.60. The monoisotopic (exact) mass is 284 g/mol. The molecular formula is C16H20N4O. The number of hydrogen-bond acceptors (Lipinski definition) is 4. The Morgan fingerprint density at radius 2 is 1.95 bits per heavy atom. The van der Waals surface area contributed by atoms with Gasteiger partial charge in [-0.15, -0.1) is 0 Å². The number of aromatic nitrogens is 2. The van der Waals surface area contributed by atoms with Crippen molar-refractivity contribution >= 4 is 17.4 Å². The first-order valence-electron chi connectivity index (χ1n) is 7.05. The van der Waals surface area contributed by atoms with E-state index in [1.807, 2.05) is 31.2 Å². The summed E-state index contributed by atoms with van der Waals surface area (Å²) in [7, 11) is 0. The molecule has 5 nitrogen and oxygen atoms in total. The fraction of sp³-hybridized carbons (Fsp3) is 0.312. The van der Waals surface area contributed by atoms with Crippen LogP contribution in [-0.2, 0) is 0 Å². The number of benzene rings is 1. The van der Waals surface area contributed by atoms with Crippen LogP contribution in [0.3, 0.4) is 0 Å². The van der Waals surface area contributed by atoms with Gasteiger partial charge in [0.1, 0.15) is 17.8 Å². The average Bonchev–Trinajstić information content (AvgIpc) is 2.49. The third kappa shape index (κ3) is 4.27. The Balaban J connectivity index is 2.08. The number of aryl methyl sites for hydroxylation is 1. The lowest BCUT2D eigenvalue weighted by molar-refractivity contribution is 0.102. The molecular weight excluding hydrogens is 264 g/mol. The van der Waals surface area contributed by atoms with E-state index in [1.165, 1.54) is 6.33 Å². The number of amides is 1. The van der Waals surface area contributed by atoms with Crippen LogP contribution in [0.25, 0.3) is 0 Å². The molecule has 2 N–H and O–H groups in total. The zero-order chi connectivity index (χ0) is 15.2. The molecule has 2 aromatic rings. The van der Waals surface area contributed by atoms with E-state index in [1.54, 1.807) is 6.07 Å². The molecule has 0 aliphatic heterocycles. The van der Waals surface area contributed by atoms with Crippen LogP contribution >= 0.6 is 0 Å². The lowest BCUT2D eigenvalue weighted by Gasteiger charge is -2.12. The van der Waals surface area contributed by atoms with E-state index < -0.39 is 0 Å². The maximum Gasteiger partial charge on any atom is 0.274 e. The van der Waals surface area contributed by atoms with Gasteiger partial charge < -0.3 is 10.6 Å². The molecule has 0 bridgehead atoms. The zero-order valence-corrected chi connectivity index (χ0v) is 12.6. The van der Waals surface area contributed by atoms with Gasteiger partial charge in [0.25, 0.3) is 5.91 Å². The largest absolute Gasteiger partial charge is 0.368 e. The molecule has 0 aliphatic carbocycles. The van der Waals surface area contributed by atoms with Crippen molar-refractivity contribution in [1.82, 2.24) is 9.97 Å². The topological polar surface area (TPSA) is 66.9 Å². The molecule has 1 unspecified atom stereocenters. The first kappa shape index (κ1) is 15.0. The Bertz CT molecular complexity index is 610. The fourth-order valence-corrected chi connectivity index (χ4v) is 1.75. The number of anilines is 2. The van der Waals surface area contributed by atoms with E-state index in [0.29, 0.717) is 17.6 Å². The minimum absolute atomic E-state index is 0.242. The van der Waals surface area contributed by atoms with Crippen LogP contribution in [0.1, 0.15) is 36.3 Å². The average molecular weight is 284 g/mol. The Morgan fingerprint density at radius 1 is 1.24 bits per heavy atom. The van der Waals surface area contributed by atoms with Crippen molar-refractivity contribution < 1.29 is 4.79 Å². The number of carbonyl (C=O) groups excluding carboxylic acids is 1. The first-order valence-corrected chi connectivity index (χ1v) is 7.05. The molecule has 0 saturated carbocycles. The van der Waals surface area contributed by atoms with Crippen molar-refractivity contribution in [3.05, 3.63) is 47.9 Å². The van der Waals surface area contributed by atoms with Crippen LogP contribution in [0.15, 0.2) is 36.7 Å². The molecule has 2 rings (SSSR count). The van der Waals surface area contributed by atoms with E-state index in [9.17, 15) is 4.79 Å². The fourth-order valence-electron chi connectivity index (χ4n) is 1.75. The zero-order valence-electron chi connectivity index (χ0n) is 12.6. The molecule has 5 heteroatoms. The van der Waals surface area contributed by atoms with Crippen LogP contribution in [-0.4, -0.2) is 21.9 Å². The molecule has 1 heterocycles. The highest BCUT2D eigenvalue weighted by Gasteiger charge is 2.10. The van der Waals surface area contributed by atoms with Gasteiger partial charge in [-0.3, -0.25) is 4.79 Å². The lowest BCUT2D eigenvalue weighted by atomic mass is 10.2. The highest BCUT2D eigenvalue weighted by Crippen LogP contribution is 2.12. The van der Waals surface area contributed by atoms with Gasteiger partial charge in [-0.25, -0.2) is 9.97 Å². The third-order valence-corrected chi connectivity index (χ3v) is 3.22. The summed E-state index contributed by atoms with van der Waals surface area (Å²) in [4.78, 5) is 20.3. The third-order valence-electron chi connectivity index (χ3n) is 3.22. The second kappa shape index (κ2) is 6.83. The van der Waals surface area contributed by atoms with Gasteiger partial charge in [-0.05, 0) is 32.4 Å². The summed E-state index contributed by atoms with van der Waals surface area (Å²) in [5.74, 6) is 0.418. The van der Waals surface area contributed by atoms with Gasteiger partial charge in [0, 0.05) is 17.8 Å². The summed E-state index contributed by atoms with van der Waals surface area (Å²) >= 11 is 0. The second-order valence-corrected chi connectivity index (χ2v) is 5.06. The Hall–Kier alpha value is -2.43. The van der Waals surface area contributed by atoms with Gasteiger partial charge in [0.2, 0.25) is 0 Å². The molecule has 1 amide bonds. The molecule has 0 aliphatic rings. The smallest absolute Gasteiger partial charge is 0.274 e. The molecule has 0 saturated heterocycles. The van der Waals surface area contributed by atoms with Gasteiger partial charge in [-0.2, -0.15) is 0 Å². The molecule has 21 heavy (non-hydrogen) atoms. The first-order chi connectivity index (χ1) is 10.1. The lowest BCUT2D eigenvalue weighted by Crippen LogP contribution is -2.17. The Labute approximate surface area is 124 Å². The number of nitrogens with one attached hydrogen (secondary N) is 2. The predicted molar refractivity (Wildman–Crippen MR) is 84.5 cm³/mol. The van der Waals surface area contributed by atoms with Crippen molar-refractivity contribution in [2.24, 2.45) is 0 Å². The maximum absolute atomic E-state index is 12.2. The molecule has 1 atom stereocenters. The van der Waals surface area contributed by atoms with E-state index >= 15 is 0 Å². The number of carbonyl (C=O) groups is 1. The van der Waals surface area contributed by atoms with E-state index in [4.69, 9.17) is 0 Å². The van der Waals surface area contributed by atoms with Crippen molar-refractivity contribution in [3.63, 3.8) is 0 Å². The van der Waals surface area contributed by atoms with Gasteiger partial charge in [0.05, 0.1) is 0 Å². The predicted octanol–water partition coefficient (Wildman–Crippen LogP) is 3.25. The normalized spacial score (nSPS) is 11.8. The van der Waals surface area contributed by atoms with E-state index in [2.05, 4.69) is 34.4 Å². The standard InChI is InChI=1S/C16H20N4O/c1-4-12(3)19-15-9-14(17-10-18-15)16(21)20-13-7-5-11(2)6-8-13/h5-10,12H,4H2,1-3H3,(H,20,21)(H,17,18,19). The quantitative estimate of drug-likeness (QED) is 0.884. The minimum Gasteiger partial charge on any atom is -0.368 e. The summed E-state index contributed by atoms with van der Waals surface area (Å²) in [5, 5.41) is 6.05. The van der Waals surface area contributed by atoms with E-state index in [0.717, 1.165) is 17.7 Å². The summed E-state index contributed by atoms with van der Waals surface area (Å²) in [6.07, 6.45) is 2.38. The van der Waals surface area contributed by atoms with Crippen LogP contribution in [0, 0.1) is 6.92 Å². The van der Waals surface area contributed by atoms with Crippen molar-refractivity contribution in [1.29, 1.82) is 0 Å². The van der Waals surface area contributed by atoms with Crippen molar-refractivity contribution in [2.45, 2.75) is 33.2 Å². The van der Waals surface area contributed by atoms with Crippen LogP contribution in [0.2, 0.25) is 0 Å². The summed E-state index contributed by atoms with van der Waals surface area (Å²) in [6.45, 7) is 6.15. The molecule has 110 valence electrons. The van der Waals surface area contributed by atoms with Crippen molar-refractivity contribution in [3.8, 4) is 0 Å². The molecule has 0 radical (unpaired) electrons. The number of nitrogens with zero attached hydrogens (tertiary/aromatic N) is 2. The highest BCUT2D eigenvalue weighted by atomic mass is 16.1. The molecule has 1 aromatic carbocycles. The molecule has 0 fully saturated rings. The van der Waals surface area contributed by atoms with Gasteiger partial charge >= 0.3 is 0 Å². The maximum atomic E-state index is 12.2. The van der Waals surface area contributed by atoms with Gasteiger partial charge in [0.15, 0.2) is 0 Å². The molecule has 1 aromatic heterocycles.